The number of amides is 2. The molecular weight excluding hydrogens is 462 g/mol. The largest absolute Gasteiger partial charge is 0.495 e. The molecule has 0 bridgehead atoms. The number of para-hydroxylation sites is 4. The Labute approximate surface area is 195 Å². The Bertz CT molecular complexity index is 1310. The molecule has 0 saturated carbocycles. The zero-order valence-corrected chi connectivity index (χ0v) is 18.8. The van der Waals surface area contributed by atoms with Crippen molar-refractivity contribution in [3.05, 3.63) is 78.4 Å². The Morgan fingerprint density at radius 2 is 1.59 bits per heavy atom. The van der Waals surface area contributed by atoms with E-state index in [9.17, 15) is 18.0 Å². The fourth-order valence-electron chi connectivity index (χ4n) is 3.14. The Kier molecular flexibility index (Phi) is 6.55. The molecule has 1 aliphatic heterocycles. The van der Waals surface area contributed by atoms with Crippen molar-refractivity contribution in [1.82, 2.24) is 10.9 Å². The van der Waals surface area contributed by atoms with Crippen molar-refractivity contribution in [1.29, 1.82) is 0 Å². The molecule has 10 nitrogen and oxygen atoms in total. The van der Waals surface area contributed by atoms with Crippen LogP contribution in [0.3, 0.4) is 0 Å². The topological polar surface area (TPSA) is 132 Å². The van der Waals surface area contributed by atoms with Crippen LogP contribution in [0.5, 0.6) is 17.2 Å². The number of fused-ring (bicyclic) bond motifs is 1. The first-order chi connectivity index (χ1) is 16.4. The molecule has 176 valence electrons. The number of carbonyl (C=O) groups excluding carboxylic acids is 2. The molecule has 0 fully saturated rings. The summed E-state index contributed by atoms with van der Waals surface area (Å²) in [4.78, 5) is 24.7. The van der Waals surface area contributed by atoms with E-state index in [-0.39, 0.29) is 22.8 Å². The minimum Gasteiger partial charge on any atom is -0.495 e. The van der Waals surface area contributed by atoms with Crippen molar-refractivity contribution in [3.8, 4) is 17.2 Å². The maximum absolute atomic E-state index is 12.7. The van der Waals surface area contributed by atoms with Crippen LogP contribution in [0.1, 0.15) is 10.4 Å². The molecular formula is C23H21N3O7S. The molecule has 0 radical (unpaired) electrons. The van der Waals surface area contributed by atoms with Crippen molar-refractivity contribution in [2.24, 2.45) is 0 Å². The molecule has 34 heavy (non-hydrogen) atoms. The monoisotopic (exact) mass is 483 g/mol. The summed E-state index contributed by atoms with van der Waals surface area (Å²) in [5.41, 5.74) is 4.99. The van der Waals surface area contributed by atoms with Gasteiger partial charge >= 0.3 is 0 Å². The molecule has 11 heteroatoms. The summed E-state index contributed by atoms with van der Waals surface area (Å²) in [6.07, 6.45) is -0.941. The van der Waals surface area contributed by atoms with E-state index in [0.29, 0.717) is 17.2 Å². The summed E-state index contributed by atoms with van der Waals surface area (Å²) < 4.78 is 44.0. The fraction of sp³-hybridized carbons (Fsp3) is 0.130. The van der Waals surface area contributed by atoms with E-state index in [1.165, 1.54) is 31.4 Å². The molecule has 1 atom stereocenters. The first-order valence-corrected chi connectivity index (χ1v) is 11.6. The number of benzene rings is 3. The van der Waals surface area contributed by atoms with E-state index in [1.54, 1.807) is 48.5 Å². The van der Waals surface area contributed by atoms with E-state index in [4.69, 9.17) is 14.2 Å². The van der Waals surface area contributed by atoms with Gasteiger partial charge in [-0.05, 0) is 48.5 Å². The molecule has 3 aromatic rings. The second-order valence-electron chi connectivity index (χ2n) is 7.14. The highest BCUT2D eigenvalue weighted by Gasteiger charge is 2.27. The Hall–Kier alpha value is -4.25. The van der Waals surface area contributed by atoms with Gasteiger partial charge in [-0.3, -0.25) is 25.2 Å². The summed E-state index contributed by atoms with van der Waals surface area (Å²) in [6, 6.07) is 18.7. The van der Waals surface area contributed by atoms with Crippen LogP contribution in [0.15, 0.2) is 77.7 Å². The normalized spacial score (nSPS) is 14.6. The predicted octanol–water partition coefficient (Wildman–Crippen LogP) is 2.10. The van der Waals surface area contributed by atoms with E-state index in [1.807, 2.05) is 0 Å². The first-order valence-electron chi connectivity index (χ1n) is 10.1. The highest BCUT2D eigenvalue weighted by atomic mass is 32.2. The second kappa shape index (κ2) is 9.71. The van der Waals surface area contributed by atoms with Crippen LogP contribution < -0.4 is 29.8 Å². The van der Waals surface area contributed by atoms with Crippen molar-refractivity contribution >= 4 is 27.5 Å². The number of hydrogen-bond acceptors (Lipinski definition) is 7. The molecule has 2 amide bonds. The van der Waals surface area contributed by atoms with Crippen LogP contribution in [-0.2, 0) is 14.8 Å². The van der Waals surface area contributed by atoms with Crippen LogP contribution in [-0.4, -0.2) is 40.1 Å². The predicted molar refractivity (Wildman–Crippen MR) is 122 cm³/mol. The minimum atomic E-state index is -3.91. The van der Waals surface area contributed by atoms with Gasteiger partial charge in [0.1, 0.15) is 12.4 Å². The lowest BCUT2D eigenvalue weighted by molar-refractivity contribution is -0.131. The van der Waals surface area contributed by atoms with Gasteiger partial charge in [-0.15, -0.1) is 0 Å². The zero-order chi connectivity index (χ0) is 24.1. The van der Waals surface area contributed by atoms with Gasteiger partial charge in [-0.25, -0.2) is 8.42 Å². The molecule has 0 unspecified atom stereocenters. The number of carbonyl (C=O) groups is 2. The van der Waals surface area contributed by atoms with Gasteiger partial charge in [-0.2, -0.15) is 0 Å². The molecule has 0 aromatic heterocycles. The Balaban J connectivity index is 1.35. The zero-order valence-electron chi connectivity index (χ0n) is 18.0. The second-order valence-corrected chi connectivity index (χ2v) is 8.82. The average Bonchev–Trinajstić information content (AvgIpc) is 2.87. The van der Waals surface area contributed by atoms with Crippen LogP contribution in [0.25, 0.3) is 0 Å². The number of anilines is 1. The highest BCUT2D eigenvalue weighted by Crippen LogP contribution is 2.31. The number of rotatable bonds is 6. The van der Waals surface area contributed by atoms with Gasteiger partial charge in [0, 0.05) is 5.56 Å². The first kappa shape index (κ1) is 22.9. The smallest absolute Gasteiger partial charge is 0.283 e. The van der Waals surface area contributed by atoms with E-state index in [2.05, 4.69) is 15.6 Å². The number of hydrazine groups is 1. The lowest BCUT2D eigenvalue weighted by atomic mass is 10.2. The molecule has 1 aliphatic rings. The number of hydrogen-bond donors (Lipinski definition) is 3. The maximum Gasteiger partial charge on any atom is 0.283 e. The molecule has 0 saturated heterocycles. The van der Waals surface area contributed by atoms with Crippen LogP contribution >= 0.6 is 0 Å². The number of nitrogens with one attached hydrogen (secondary N) is 3. The van der Waals surface area contributed by atoms with Gasteiger partial charge in [0.05, 0.1) is 17.7 Å². The fourth-order valence-corrected chi connectivity index (χ4v) is 4.21. The summed E-state index contributed by atoms with van der Waals surface area (Å²) in [5.74, 6) is 0.105. The average molecular weight is 484 g/mol. The Morgan fingerprint density at radius 3 is 2.32 bits per heavy atom. The van der Waals surface area contributed by atoms with E-state index < -0.39 is 27.9 Å². The van der Waals surface area contributed by atoms with Crippen molar-refractivity contribution in [3.63, 3.8) is 0 Å². The van der Waals surface area contributed by atoms with Crippen LogP contribution in [0.2, 0.25) is 0 Å². The molecule has 1 heterocycles. The Morgan fingerprint density at radius 1 is 0.912 bits per heavy atom. The minimum absolute atomic E-state index is 0.00945. The lowest BCUT2D eigenvalue weighted by Gasteiger charge is -2.25. The third-order valence-corrected chi connectivity index (χ3v) is 6.26. The third-order valence-electron chi connectivity index (χ3n) is 4.88. The van der Waals surface area contributed by atoms with Gasteiger partial charge in [0.25, 0.3) is 21.8 Å². The van der Waals surface area contributed by atoms with Crippen molar-refractivity contribution in [2.45, 2.75) is 11.0 Å². The maximum atomic E-state index is 12.7. The number of methoxy groups -OCH3 is 1. The van der Waals surface area contributed by atoms with Gasteiger partial charge in [0.15, 0.2) is 11.5 Å². The number of ether oxygens (including phenoxy) is 3. The standard InChI is InChI=1S/C23H21N3O7S/c1-31-18-7-3-2-6-17(18)26-34(29,30)16-12-10-15(11-13-16)22(27)24-25-23(28)21-14-32-19-8-4-5-9-20(19)33-21/h2-13,21,26H,14H2,1H3,(H,24,27)(H,25,28)/t21-/m0/s1. The number of sulfonamides is 1. The van der Waals surface area contributed by atoms with Crippen molar-refractivity contribution < 1.29 is 32.2 Å². The van der Waals surface area contributed by atoms with Crippen LogP contribution in [0.4, 0.5) is 5.69 Å². The lowest BCUT2D eigenvalue weighted by Crippen LogP contribution is -2.50. The van der Waals surface area contributed by atoms with Gasteiger partial charge in [0.2, 0.25) is 6.10 Å². The quantitative estimate of drug-likeness (QED) is 0.458. The van der Waals surface area contributed by atoms with E-state index in [0.717, 1.165) is 0 Å². The SMILES string of the molecule is COc1ccccc1NS(=O)(=O)c1ccc(C(=O)NNC(=O)[C@@H]2COc3ccccc3O2)cc1. The molecule has 0 aliphatic carbocycles. The summed E-state index contributed by atoms with van der Waals surface area (Å²) in [6.45, 7) is -0.00945. The molecule has 4 rings (SSSR count). The molecule has 0 spiro atoms. The van der Waals surface area contributed by atoms with Crippen molar-refractivity contribution in [2.75, 3.05) is 18.4 Å². The van der Waals surface area contributed by atoms with Gasteiger partial charge < -0.3 is 14.2 Å². The van der Waals surface area contributed by atoms with Crippen LogP contribution in [0, 0.1) is 0 Å². The molecule has 3 N–H and O–H groups in total. The van der Waals surface area contributed by atoms with E-state index >= 15 is 0 Å². The summed E-state index contributed by atoms with van der Waals surface area (Å²) >= 11 is 0. The summed E-state index contributed by atoms with van der Waals surface area (Å²) in [5, 5.41) is 0. The molecule has 3 aromatic carbocycles. The third kappa shape index (κ3) is 5.04. The van der Waals surface area contributed by atoms with Gasteiger partial charge in [-0.1, -0.05) is 24.3 Å². The highest BCUT2D eigenvalue weighted by molar-refractivity contribution is 7.92. The summed E-state index contributed by atoms with van der Waals surface area (Å²) in [7, 11) is -2.48.